The SMILES string of the molecule is CC1(C)c2ccccc2-c2ccc(-c3ccc4c(-c5ccc6c(c5)C5(CCCCC5)c5ccccc5-6)c5ccccc5c(-c5ccc6c(c5)C(C)(C)c5ccccc5-6)c4c3)cc21. The highest BCUT2D eigenvalue weighted by atomic mass is 14.5. The molecule has 0 heteroatoms. The lowest BCUT2D eigenvalue weighted by atomic mass is 9.67. The Morgan fingerprint density at radius 1 is 0.290 bits per heavy atom. The summed E-state index contributed by atoms with van der Waals surface area (Å²) in [6.45, 7) is 9.58. The summed E-state index contributed by atoms with van der Waals surface area (Å²) in [7, 11) is 0. The van der Waals surface area contributed by atoms with E-state index in [0.717, 1.165) is 0 Å². The van der Waals surface area contributed by atoms with E-state index in [4.69, 9.17) is 0 Å². The van der Waals surface area contributed by atoms with E-state index in [1.165, 1.54) is 148 Å². The first kappa shape index (κ1) is 36.2. The fourth-order valence-corrected chi connectivity index (χ4v) is 13.0. The van der Waals surface area contributed by atoms with Gasteiger partial charge in [-0.05, 0) is 159 Å². The molecule has 0 saturated heterocycles. The topological polar surface area (TPSA) is 0 Å². The van der Waals surface area contributed by atoms with Gasteiger partial charge in [-0.3, -0.25) is 0 Å². The molecule has 0 unspecified atom stereocenters. The molecule has 0 bridgehead atoms. The number of hydrogen-bond donors (Lipinski definition) is 0. The lowest BCUT2D eigenvalue weighted by molar-refractivity contribution is 0.353. The Labute approximate surface area is 365 Å². The zero-order chi connectivity index (χ0) is 41.5. The molecule has 9 aromatic rings. The molecule has 1 spiro atoms. The molecule has 62 heavy (non-hydrogen) atoms. The summed E-state index contributed by atoms with van der Waals surface area (Å²) in [5, 5.41) is 5.24. The van der Waals surface area contributed by atoms with Gasteiger partial charge in [0.25, 0.3) is 0 Å². The molecular formula is C62H50. The molecule has 298 valence electrons. The minimum absolute atomic E-state index is 0.0644. The minimum Gasteiger partial charge on any atom is -0.0619 e. The van der Waals surface area contributed by atoms with Crippen molar-refractivity contribution in [2.75, 3.05) is 0 Å². The first-order chi connectivity index (χ1) is 30.2. The second-order valence-electron chi connectivity index (χ2n) is 19.9. The Morgan fingerprint density at radius 2 is 0.677 bits per heavy atom. The van der Waals surface area contributed by atoms with Gasteiger partial charge in [0, 0.05) is 16.2 Å². The van der Waals surface area contributed by atoms with Gasteiger partial charge in [-0.25, -0.2) is 0 Å². The van der Waals surface area contributed by atoms with Crippen LogP contribution in [0.1, 0.15) is 93.2 Å². The quantitative estimate of drug-likeness (QED) is 0.156. The zero-order valence-electron chi connectivity index (χ0n) is 36.2. The van der Waals surface area contributed by atoms with Crippen molar-refractivity contribution in [3.05, 3.63) is 203 Å². The maximum Gasteiger partial charge on any atom is 0.0215 e. The zero-order valence-corrected chi connectivity index (χ0v) is 36.2. The maximum atomic E-state index is 2.62. The van der Waals surface area contributed by atoms with Gasteiger partial charge in [-0.2, -0.15) is 0 Å². The summed E-state index contributed by atoms with van der Waals surface area (Å²) in [4.78, 5) is 0. The minimum atomic E-state index is -0.0927. The molecule has 9 aromatic carbocycles. The van der Waals surface area contributed by atoms with Crippen LogP contribution in [0.15, 0.2) is 170 Å². The van der Waals surface area contributed by atoms with Crippen molar-refractivity contribution in [2.45, 2.75) is 76.0 Å². The van der Waals surface area contributed by atoms with Crippen molar-refractivity contribution in [2.24, 2.45) is 0 Å². The fraction of sp³-hybridized carbons (Fsp3) is 0.194. The summed E-state index contributed by atoms with van der Waals surface area (Å²) in [5.41, 5.74) is 24.8. The van der Waals surface area contributed by atoms with Crippen molar-refractivity contribution < 1.29 is 0 Å². The van der Waals surface area contributed by atoms with E-state index in [9.17, 15) is 0 Å². The maximum absolute atomic E-state index is 2.62. The molecule has 4 aliphatic rings. The van der Waals surface area contributed by atoms with Gasteiger partial charge in [-0.15, -0.1) is 0 Å². The first-order valence-corrected chi connectivity index (χ1v) is 23.0. The van der Waals surface area contributed by atoms with Crippen molar-refractivity contribution in [1.82, 2.24) is 0 Å². The van der Waals surface area contributed by atoms with Gasteiger partial charge in [0.2, 0.25) is 0 Å². The van der Waals surface area contributed by atoms with Gasteiger partial charge < -0.3 is 0 Å². The van der Waals surface area contributed by atoms with Gasteiger partial charge in [0.1, 0.15) is 0 Å². The van der Waals surface area contributed by atoms with Crippen LogP contribution in [0.5, 0.6) is 0 Å². The number of hydrogen-bond acceptors (Lipinski definition) is 0. The smallest absolute Gasteiger partial charge is 0.0215 e. The van der Waals surface area contributed by atoms with E-state index >= 15 is 0 Å². The summed E-state index contributed by atoms with van der Waals surface area (Å²) in [5.74, 6) is 0. The molecule has 0 amide bonds. The highest BCUT2D eigenvalue weighted by Gasteiger charge is 2.44. The Balaban J connectivity index is 1.07. The summed E-state index contributed by atoms with van der Waals surface area (Å²) < 4.78 is 0. The number of rotatable bonds is 3. The third-order valence-corrected chi connectivity index (χ3v) is 16.1. The standard InChI is InChI=1S/C62H50/c1-60(2)52-21-11-8-16-42(52)45-28-24-39(35-55(45)60)38-25-31-50-51(34-38)59(40-26-29-46-43-17-9-12-22-53(43)61(3,4)56(46)36-40)49-20-7-6-19-48(49)58(50)41-27-30-47-44-18-10-13-23-54(44)62(57(47)37-41)32-14-5-15-33-62/h6-13,16-31,34-37H,5,14-15,32-33H2,1-4H3. The predicted octanol–water partition coefficient (Wildman–Crippen LogP) is 16.8. The van der Waals surface area contributed by atoms with Crippen molar-refractivity contribution in [3.8, 4) is 66.8 Å². The summed E-state index contributed by atoms with van der Waals surface area (Å²) >= 11 is 0. The Hall–Kier alpha value is -6.50. The average molecular weight is 795 g/mol. The first-order valence-electron chi connectivity index (χ1n) is 23.0. The van der Waals surface area contributed by atoms with Crippen LogP contribution in [0, 0.1) is 0 Å². The molecule has 0 aromatic heterocycles. The van der Waals surface area contributed by atoms with Gasteiger partial charge in [0.05, 0.1) is 0 Å². The van der Waals surface area contributed by atoms with Crippen LogP contribution in [0.4, 0.5) is 0 Å². The van der Waals surface area contributed by atoms with E-state index in [0.29, 0.717) is 0 Å². The van der Waals surface area contributed by atoms with E-state index in [1.807, 2.05) is 0 Å². The van der Waals surface area contributed by atoms with Crippen molar-refractivity contribution >= 4 is 21.5 Å². The third kappa shape index (κ3) is 4.79. The number of benzene rings is 9. The predicted molar refractivity (Wildman–Crippen MR) is 262 cm³/mol. The molecule has 4 aliphatic carbocycles. The van der Waals surface area contributed by atoms with Crippen LogP contribution in [0.2, 0.25) is 0 Å². The summed E-state index contributed by atoms with van der Waals surface area (Å²) in [6, 6.07) is 66.0. The van der Waals surface area contributed by atoms with Gasteiger partial charge in [-0.1, -0.05) is 193 Å². The highest BCUT2D eigenvalue weighted by Crippen LogP contribution is 2.58. The van der Waals surface area contributed by atoms with E-state index in [-0.39, 0.29) is 16.2 Å². The van der Waals surface area contributed by atoms with Crippen LogP contribution in [0.3, 0.4) is 0 Å². The lowest BCUT2D eigenvalue weighted by Gasteiger charge is -2.36. The molecule has 1 fully saturated rings. The van der Waals surface area contributed by atoms with Crippen LogP contribution >= 0.6 is 0 Å². The third-order valence-electron chi connectivity index (χ3n) is 16.1. The molecule has 0 nitrogen and oxygen atoms in total. The monoisotopic (exact) mass is 794 g/mol. The second kappa shape index (κ2) is 12.8. The summed E-state index contributed by atoms with van der Waals surface area (Å²) in [6.07, 6.45) is 6.36. The van der Waals surface area contributed by atoms with Gasteiger partial charge in [0.15, 0.2) is 0 Å². The van der Waals surface area contributed by atoms with E-state index < -0.39 is 0 Å². The lowest BCUT2D eigenvalue weighted by Crippen LogP contribution is -2.28. The molecular weight excluding hydrogens is 745 g/mol. The number of fused-ring (bicyclic) bond motifs is 13. The molecule has 1 saturated carbocycles. The molecule has 13 rings (SSSR count). The van der Waals surface area contributed by atoms with Crippen LogP contribution in [0.25, 0.3) is 88.3 Å². The molecule has 0 aliphatic heterocycles. The molecule has 0 atom stereocenters. The van der Waals surface area contributed by atoms with Crippen LogP contribution in [-0.2, 0) is 16.2 Å². The van der Waals surface area contributed by atoms with Crippen molar-refractivity contribution in [1.29, 1.82) is 0 Å². The largest absolute Gasteiger partial charge is 0.0619 e. The Kier molecular flexibility index (Phi) is 7.46. The molecule has 0 N–H and O–H groups in total. The van der Waals surface area contributed by atoms with Crippen molar-refractivity contribution in [3.63, 3.8) is 0 Å². The normalized spacial score (nSPS) is 16.8. The Morgan fingerprint density at radius 3 is 1.27 bits per heavy atom. The molecule has 0 radical (unpaired) electrons. The van der Waals surface area contributed by atoms with Gasteiger partial charge >= 0.3 is 0 Å². The molecule has 0 heterocycles. The van der Waals surface area contributed by atoms with E-state index in [1.54, 1.807) is 5.56 Å². The van der Waals surface area contributed by atoms with Crippen LogP contribution in [-0.4, -0.2) is 0 Å². The fourth-order valence-electron chi connectivity index (χ4n) is 13.0. The Bertz CT molecular complexity index is 3380. The highest BCUT2D eigenvalue weighted by molar-refractivity contribution is 6.22. The average Bonchev–Trinajstić information content (AvgIpc) is 3.81. The van der Waals surface area contributed by atoms with E-state index in [2.05, 4.69) is 198 Å². The second-order valence-corrected chi connectivity index (χ2v) is 19.9. The van der Waals surface area contributed by atoms with Crippen LogP contribution < -0.4 is 0 Å².